The molecule has 0 radical (unpaired) electrons. The zero-order valence-corrected chi connectivity index (χ0v) is 11.9. The highest BCUT2D eigenvalue weighted by molar-refractivity contribution is 6.68. The average molecular weight is 296 g/mol. The Morgan fingerprint density at radius 2 is 1.95 bits per heavy atom. The molecule has 0 atom stereocenters. The fourth-order valence-electron chi connectivity index (χ4n) is 1.61. The molecule has 0 aliphatic rings. The highest BCUT2D eigenvalue weighted by atomic mass is 35.5. The van der Waals surface area contributed by atoms with E-state index in [1.54, 1.807) is 10.9 Å². The number of rotatable bonds is 4. The third kappa shape index (κ3) is 2.80. The molecule has 0 amide bonds. The van der Waals surface area contributed by atoms with E-state index in [9.17, 15) is 0 Å². The predicted molar refractivity (Wildman–Crippen MR) is 78.6 cm³/mol. The largest absolute Gasteiger partial charge is 0.383 e. The maximum absolute atomic E-state index is 5.75. The van der Waals surface area contributed by atoms with Gasteiger partial charge in [0, 0.05) is 12.2 Å². The van der Waals surface area contributed by atoms with Gasteiger partial charge < -0.3 is 16.8 Å². The maximum atomic E-state index is 5.75. The number of nitrogen functional groups attached to an aromatic ring is 2. The lowest BCUT2D eigenvalue weighted by Crippen LogP contribution is -2.37. The minimum Gasteiger partial charge on any atom is -0.383 e. The van der Waals surface area contributed by atoms with Crippen molar-refractivity contribution in [3.05, 3.63) is 18.0 Å². The predicted octanol–water partition coefficient (Wildman–Crippen LogP) is -0.0935. The Bertz CT molecular complexity index is 625. The molecule has 0 unspecified atom stereocenters. The second-order valence-electron chi connectivity index (χ2n) is 4.47. The van der Waals surface area contributed by atoms with E-state index in [4.69, 9.17) is 28.5 Å². The lowest BCUT2D eigenvalue weighted by Gasteiger charge is -2.07. The van der Waals surface area contributed by atoms with Gasteiger partial charge in [0.1, 0.15) is 17.2 Å². The number of halogens is 1. The van der Waals surface area contributed by atoms with E-state index in [1.165, 1.54) is 0 Å². The van der Waals surface area contributed by atoms with Crippen molar-refractivity contribution in [2.75, 3.05) is 16.8 Å². The van der Waals surface area contributed by atoms with Crippen LogP contribution in [0.4, 0.5) is 23.3 Å². The van der Waals surface area contributed by atoms with E-state index in [1.807, 2.05) is 20.0 Å². The number of nitrogens with zero attached hydrogens (tertiary/aromatic N) is 4. The normalized spacial score (nSPS) is 10.8. The highest BCUT2D eigenvalue weighted by Crippen LogP contribution is 2.21. The zero-order chi connectivity index (χ0) is 14.9. The van der Waals surface area contributed by atoms with Crippen LogP contribution in [0.3, 0.4) is 0 Å². The first-order chi connectivity index (χ1) is 9.38. The summed E-state index contributed by atoms with van der Waals surface area (Å²) in [5.74, 6) is 0.484. The quantitative estimate of drug-likeness (QED) is 0.582. The third-order valence-corrected chi connectivity index (χ3v) is 2.78. The first kappa shape index (κ1) is 14.1. The molecule has 0 fully saturated rings. The van der Waals surface area contributed by atoms with Crippen LogP contribution in [-0.4, -0.2) is 24.9 Å². The summed E-state index contributed by atoms with van der Waals surface area (Å²) < 4.78 is 1.80. The Balaban J connectivity index is 2.28. The molecular formula is C11H16ClN8+. The first-order valence-corrected chi connectivity index (χ1v) is 6.28. The summed E-state index contributed by atoms with van der Waals surface area (Å²) >= 11 is 5.69. The molecule has 0 saturated heterocycles. The molecule has 7 N–H and O–H groups in total. The number of hydrogen-bond acceptors (Lipinski definition) is 6. The highest BCUT2D eigenvalue weighted by Gasteiger charge is 2.17. The molecule has 8 nitrogen and oxygen atoms in total. The molecule has 0 aromatic carbocycles. The van der Waals surface area contributed by atoms with Crippen LogP contribution in [0.1, 0.15) is 25.5 Å². The Hall–Kier alpha value is -2.35. The Morgan fingerprint density at radius 3 is 2.40 bits per heavy atom. The van der Waals surface area contributed by atoms with E-state index < -0.39 is 0 Å². The smallest absolute Gasteiger partial charge is 0.281 e. The summed E-state index contributed by atoms with van der Waals surface area (Å²) in [4.78, 5) is 8.12. The molecule has 9 heteroatoms. The standard InChI is InChI=1S/C11H15ClN8/c1-5(2)20-4-6(3-16-20)17-11-18-9(14)7(8(12)13)10(15)19-11/h3-5,13H,1-2H3,(H5,14,15,17,18,19)/p+1. The van der Waals surface area contributed by atoms with Crippen LogP contribution in [0.25, 0.3) is 0 Å². The summed E-state index contributed by atoms with van der Waals surface area (Å²) in [6, 6.07) is 0.259. The second kappa shape index (κ2) is 5.33. The lowest BCUT2D eigenvalue weighted by molar-refractivity contribution is -0.108. The van der Waals surface area contributed by atoms with E-state index in [-0.39, 0.29) is 34.4 Å². The number of aromatic nitrogens is 4. The van der Waals surface area contributed by atoms with Crippen molar-refractivity contribution < 1.29 is 5.41 Å². The van der Waals surface area contributed by atoms with Gasteiger partial charge in [-0.15, -0.1) is 0 Å². The van der Waals surface area contributed by atoms with Gasteiger partial charge in [-0.2, -0.15) is 15.1 Å². The van der Waals surface area contributed by atoms with Gasteiger partial charge in [-0.3, -0.25) is 4.68 Å². The molecule has 0 bridgehead atoms. The maximum Gasteiger partial charge on any atom is 0.281 e. The second-order valence-corrected chi connectivity index (χ2v) is 4.88. The Kier molecular flexibility index (Phi) is 3.75. The van der Waals surface area contributed by atoms with Gasteiger partial charge in [0.25, 0.3) is 5.17 Å². The monoisotopic (exact) mass is 295 g/mol. The summed E-state index contributed by atoms with van der Waals surface area (Å²) in [5, 5.41) is 12.6. The van der Waals surface area contributed by atoms with Crippen molar-refractivity contribution >= 4 is 40.0 Å². The molecule has 2 heterocycles. The molecule has 2 aromatic heterocycles. The minimum absolute atomic E-state index is 0.0424. The molecule has 0 aliphatic carbocycles. The topological polar surface area (TPSA) is 133 Å². The van der Waals surface area contributed by atoms with Gasteiger partial charge in [0.05, 0.1) is 11.9 Å². The lowest BCUT2D eigenvalue weighted by atomic mass is 10.3. The Labute approximate surface area is 120 Å². The van der Waals surface area contributed by atoms with Crippen LogP contribution in [-0.2, 0) is 0 Å². The van der Waals surface area contributed by atoms with E-state index in [2.05, 4.69) is 20.4 Å². The molecular weight excluding hydrogens is 280 g/mol. The van der Waals surface area contributed by atoms with Crippen molar-refractivity contribution in [2.24, 2.45) is 0 Å². The molecule has 0 saturated carbocycles. The van der Waals surface area contributed by atoms with Gasteiger partial charge in [-0.1, -0.05) is 0 Å². The van der Waals surface area contributed by atoms with E-state index >= 15 is 0 Å². The van der Waals surface area contributed by atoms with Gasteiger partial charge >= 0.3 is 0 Å². The Morgan fingerprint density at radius 1 is 1.35 bits per heavy atom. The molecule has 2 rings (SSSR count). The fourth-order valence-corrected chi connectivity index (χ4v) is 1.80. The minimum atomic E-state index is -0.0424. The fraction of sp³-hybridized carbons (Fsp3) is 0.273. The molecule has 106 valence electrons. The van der Waals surface area contributed by atoms with Crippen molar-refractivity contribution in [1.29, 1.82) is 0 Å². The van der Waals surface area contributed by atoms with E-state index in [0.717, 1.165) is 5.69 Å². The van der Waals surface area contributed by atoms with Gasteiger partial charge in [0.2, 0.25) is 5.95 Å². The number of nitrogens with one attached hydrogen (secondary N) is 1. The first-order valence-electron chi connectivity index (χ1n) is 5.91. The van der Waals surface area contributed by atoms with Gasteiger partial charge in [-0.05, 0) is 25.4 Å². The van der Waals surface area contributed by atoms with Crippen molar-refractivity contribution in [3.8, 4) is 0 Å². The summed E-state index contributed by atoms with van der Waals surface area (Å²) in [5.41, 5.74) is 12.5. The van der Waals surface area contributed by atoms with Gasteiger partial charge in [0.15, 0.2) is 0 Å². The molecule has 20 heavy (non-hydrogen) atoms. The summed E-state index contributed by atoms with van der Waals surface area (Å²) in [6.45, 7) is 4.05. The number of hydrogen-bond donors (Lipinski definition) is 4. The SMILES string of the molecule is CC(C)n1cc(Nc2nc(N)c(C(=[NH2+])Cl)c(N)n2)cn1. The van der Waals surface area contributed by atoms with Crippen LogP contribution in [0.2, 0.25) is 0 Å². The van der Waals surface area contributed by atoms with Crippen molar-refractivity contribution in [3.63, 3.8) is 0 Å². The molecule has 2 aromatic rings. The molecule has 0 spiro atoms. The van der Waals surface area contributed by atoms with E-state index in [0.29, 0.717) is 0 Å². The number of anilines is 4. The van der Waals surface area contributed by atoms with Crippen LogP contribution in [0, 0.1) is 0 Å². The van der Waals surface area contributed by atoms with Crippen LogP contribution in [0.15, 0.2) is 12.4 Å². The van der Waals surface area contributed by atoms with Crippen molar-refractivity contribution in [1.82, 2.24) is 19.7 Å². The van der Waals surface area contributed by atoms with Crippen molar-refractivity contribution in [2.45, 2.75) is 19.9 Å². The zero-order valence-electron chi connectivity index (χ0n) is 11.1. The average Bonchev–Trinajstić information content (AvgIpc) is 2.75. The summed E-state index contributed by atoms with van der Waals surface area (Å²) in [7, 11) is 0. The van der Waals surface area contributed by atoms with Crippen LogP contribution >= 0.6 is 11.6 Å². The molecule has 0 aliphatic heterocycles. The third-order valence-electron chi connectivity index (χ3n) is 2.59. The number of nitrogens with two attached hydrogens (primary N) is 3. The van der Waals surface area contributed by atoms with Crippen LogP contribution < -0.4 is 22.2 Å². The summed E-state index contributed by atoms with van der Waals surface area (Å²) in [6.07, 6.45) is 3.49. The van der Waals surface area contributed by atoms with Crippen LogP contribution in [0.5, 0.6) is 0 Å². The van der Waals surface area contributed by atoms with Gasteiger partial charge in [-0.25, -0.2) is 5.41 Å².